The minimum Gasteiger partial charge on any atom is -0.481 e. The van der Waals surface area contributed by atoms with E-state index in [-0.39, 0.29) is 12.5 Å². The zero-order valence-corrected chi connectivity index (χ0v) is 9.86. The van der Waals surface area contributed by atoms with Crippen LogP contribution in [0.4, 0.5) is 4.79 Å². The van der Waals surface area contributed by atoms with E-state index in [1.54, 1.807) is 14.2 Å². The van der Waals surface area contributed by atoms with Gasteiger partial charge in [-0.15, -0.1) is 0 Å². The molecule has 0 aliphatic heterocycles. The first kappa shape index (κ1) is 14.7. The van der Waals surface area contributed by atoms with Crippen molar-refractivity contribution in [2.75, 3.05) is 33.9 Å². The number of likely N-dealkylation sites (N-methyl/N-ethyl adjacent to an activating group) is 1. The van der Waals surface area contributed by atoms with Crippen molar-refractivity contribution >= 4 is 12.0 Å². The zero-order valence-electron chi connectivity index (χ0n) is 9.86. The third-order valence-corrected chi connectivity index (χ3v) is 2.07. The van der Waals surface area contributed by atoms with E-state index in [0.29, 0.717) is 32.5 Å². The number of aliphatic carboxylic acids is 1. The third kappa shape index (κ3) is 8.05. The van der Waals surface area contributed by atoms with E-state index in [4.69, 9.17) is 9.84 Å². The first-order valence-electron chi connectivity index (χ1n) is 5.27. The van der Waals surface area contributed by atoms with Gasteiger partial charge in [-0.1, -0.05) is 0 Å². The first-order chi connectivity index (χ1) is 7.57. The number of hydrogen-bond donors (Lipinski definition) is 2. The van der Waals surface area contributed by atoms with Gasteiger partial charge in [0.15, 0.2) is 0 Å². The van der Waals surface area contributed by atoms with Crippen LogP contribution in [0.25, 0.3) is 0 Å². The lowest BCUT2D eigenvalue weighted by Crippen LogP contribution is -2.39. The van der Waals surface area contributed by atoms with E-state index in [2.05, 4.69) is 5.32 Å². The molecule has 0 heterocycles. The number of unbranched alkanes of at least 4 members (excludes halogenated alkanes) is 1. The fraction of sp³-hybridized carbons (Fsp3) is 0.800. The predicted octanol–water partition coefficient (Wildman–Crippen LogP) is 0.529. The number of methoxy groups -OCH3 is 1. The van der Waals surface area contributed by atoms with Crippen molar-refractivity contribution in [2.45, 2.75) is 19.3 Å². The molecule has 2 amide bonds. The van der Waals surface area contributed by atoms with E-state index in [0.717, 1.165) is 0 Å². The fourth-order valence-electron chi connectivity index (χ4n) is 1.06. The summed E-state index contributed by atoms with van der Waals surface area (Å²) in [5.74, 6) is -0.802. The normalized spacial score (nSPS) is 9.88. The number of hydrogen-bond acceptors (Lipinski definition) is 3. The van der Waals surface area contributed by atoms with Crippen molar-refractivity contribution in [3.63, 3.8) is 0 Å². The Labute approximate surface area is 95.6 Å². The molecule has 0 atom stereocenters. The molecule has 0 aromatic carbocycles. The summed E-state index contributed by atoms with van der Waals surface area (Å²) in [4.78, 5) is 23.1. The standard InChI is InChI=1S/C10H20N2O4/c1-12(7-8-16-2)10(15)11-6-4-3-5-9(13)14/h3-8H2,1-2H3,(H,11,15)(H,13,14). The number of carboxylic acids is 1. The molecular formula is C10H20N2O4. The van der Waals surface area contributed by atoms with Gasteiger partial charge in [-0.05, 0) is 12.8 Å². The van der Waals surface area contributed by atoms with E-state index < -0.39 is 5.97 Å². The van der Waals surface area contributed by atoms with Crippen LogP contribution >= 0.6 is 0 Å². The summed E-state index contributed by atoms with van der Waals surface area (Å²) >= 11 is 0. The second-order valence-corrected chi connectivity index (χ2v) is 3.50. The molecule has 0 saturated carbocycles. The van der Waals surface area contributed by atoms with Gasteiger partial charge in [-0.25, -0.2) is 4.79 Å². The Bertz CT molecular complexity index is 221. The molecule has 0 fully saturated rings. The summed E-state index contributed by atoms with van der Waals surface area (Å²) in [6.45, 7) is 1.55. The van der Waals surface area contributed by atoms with Crippen LogP contribution < -0.4 is 5.32 Å². The van der Waals surface area contributed by atoms with Crippen LogP contribution in [0.5, 0.6) is 0 Å². The fourth-order valence-corrected chi connectivity index (χ4v) is 1.06. The summed E-state index contributed by atoms with van der Waals surface area (Å²) in [6.07, 6.45) is 1.41. The Morgan fingerprint density at radius 2 is 2.06 bits per heavy atom. The molecule has 0 unspecified atom stereocenters. The van der Waals surface area contributed by atoms with Gasteiger partial charge in [0.1, 0.15) is 0 Å². The van der Waals surface area contributed by atoms with E-state index >= 15 is 0 Å². The lowest BCUT2D eigenvalue weighted by atomic mass is 10.2. The van der Waals surface area contributed by atoms with Crippen molar-refractivity contribution in [1.29, 1.82) is 0 Å². The van der Waals surface area contributed by atoms with Crippen LogP contribution in [-0.2, 0) is 9.53 Å². The smallest absolute Gasteiger partial charge is 0.317 e. The highest BCUT2D eigenvalue weighted by molar-refractivity contribution is 5.73. The molecule has 0 spiro atoms. The molecule has 6 heteroatoms. The van der Waals surface area contributed by atoms with E-state index in [1.165, 1.54) is 4.90 Å². The van der Waals surface area contributed by atoms with Crippen LogP contribution in [0.3, 0.4) is 0 Å². The number of rotatable bonds is 8. The van der Waals surface area contributed by atoms with Gasteiger partial charge < -0.3 is 20.1 Å². The molecule has 0 aromatic heterocycles. The Hall–Kier alpha value is -1.30. The monoisotopic (exact) mass is 232 g/mol. The highest BCUT2D eigenvalue weighted by Gasteiger charge is 2.06. The molecule has 0 aromatic rings. The molecule has 6 nitrogen and oxygen atoms in total. The van der Waals surface area contributed by atoms with Crippen molar-refractivity contribution in [1.82, 2.24) is 10.2 Å². The quantitative estimate of drug-likeness (QED) is 0.598. The van der Waals surface area contributed by atoms with Crippen molar-refractivity contribution in [3.05, 3.63) is 0 Å². The maximum atomic E-state index is 11.4. The first-order valence-corrected chi connectivity index (χ1v) is 5.27. The minimum atomic E-state index is -0.802. The Morgan fingerprint density at radius 1 is 1.38 bits per heavy atom. The van der Waals surface area contributed by atoms with Gasteiger partial charge in [0.2, 0.25) is 0 Å². The molecule has 94 valence electrons. The maximum Gasteiger partial charge on any atom is 0.317 e. The number of urea groups is 1. The van der Waals surface area contributed by atoms with Crippen LogP contribution in [0.1, 0.15) is 19.3 Å². The summed E-state index contributed by atoms with van der Waals surface area (Å²) < 4.78 is 4.85. The van der Waals surface area contributed by atoms with Crippen LogP contribution in [0, 0.1) is 0 Å². The second kappa shape index (κ2) is 8.96. The Balaban J connectivity index is 3.45. The molecule has 16 heavy (non-hydrogen) atoms. The van der Waals surface area contributed by atoms with Crippen molar-refractivity contribution < 1.29 is 19.4 Å². The van der Waals surface area contributed by atoms with Gasteiger partial charge in [0.05, 0.1) is 6.61 Å². The van der Waals surface area contributed by atoms with Gasteiger partial charge in [0, 0.05) is 33.7 Å². The van der Waals surface area contributed by atoms with Crippen LogP contribution in [0.2, 0.25) is 0 Å². The average Bonchev–Trinajstić information content (AvgIpc) is 2.24. The number of nitrogens with zero attached hydrogens (tertiary/aromatic N) is 1. The number of carbonyl (C=O) groups is 2. The van der Waals surface area contributed by atoms with Gasteiger partial charge >= 0.3 is 12.0 Å². The topological polar surface area (TPSA) is 78.9 Å². The van der Waals surface area contributed by atoms with Crippen LogP contribution in [-0.4, -0.2) is 55.9 Å². The average molecular weight is 232 g/mol. The molecule has 0 rings (SSSR count). The van der Waals surface area contributed by atoms with E-state index in [1.807, 2.05) is 0 Å². The van der Waals surface area contributed by atoms with Crippen molar-refractivity contribution in [3.8, 4) is 0 Å². The third-order valence-electron chi connectivity index (χ3n) is 2.07. The lowest BCUT2D eigenvalue weighted by molar-refractivity contribution is -0.137. The van der Waals surface area contributed by atoms with Gasteiger partial charge in [-0.2, -0.15) is 0 Å². The molecular weight excluding hydrogens is 212 g/mol. The number of carboxylic acid groups (broad SMARTS) is 1. The highest BCUT2D eigenvalue weighted by atomic mass is 16.5. The van der Waals surface area contributed by atoms with Gasteiger partial charge in [-0.3, -0.25) is 4.79 Å². The SMILES string of the molecule is COCCN(C)C(=O)NCCCCC(=O)O. The minimum absolute atomic E-state index is 0.148. The number of nitrogens with one attached hydrogen (secondary N) is 1. The molecule has 2 N–H and O–H groups in total. The summed E-state index contributed by atoms with van der Waals surface area (Å²) in [5.41, 5.74) is 0. The van der Waals surface area contributed by atoms with Crippen molar-refractivity contribution in [2.24, 2.45) is 0 Å². The van der Waals surface area contributed by atoms with E-state index in [9.17, 15) is 9.59 Å². The molecule has 0 radical (unpaired) electrons. The lowest BCUT2D eigenvalue weighted by Gasteiger charge is -2.17. The summed E-state index contributed by atoms with van der Waals surface area (Å²) in [6, 6.07) is -0.160. The number of carbonyl (C=O) groups excluding carboxylic acids is 1. The maximum absolute atomic E-state index is 11.4. The number of amides is 2. The van der Waals surface area contributed by atoms with Crippen LogP contribution in [0.15, 0.2) is 0 Å². The molecule has 0 aliphatic carbocycles. The second-order valence-electron chi connectivity index (χ2n) is 3.50. The Kier molecular flexibility index (Phi) is 8.24. The zero-order chi connectivity index (χ0) is 12.4. The largest absolute Gasteiger partial charge is 0.481 e. The highest BCUT2D eigenvalue weighted by Crippen LogP contribution is 1.94. The number of ether oxygens (including phenoxy) is 1. The predicted molar refractivity (Wildman–Crippen MR) is 59.4 cm³/mol. The molecule has 0 saturated heterocycles. The van der Waals surface area contributed by atoms with Gasteiger partial charge in [0.25, 0.3) is 0 Å². The molecule has 0 bridgehead atoms. The Morgan fingerprint density at radius 3 is 2.62 bits per heavy atom. The molecule has 0 aliphatic rings. The summed E-state index contributed by atoms with van der Waals surface area (Å²) in [5, 5.41) is 11.1. The summed E-state index contributed by atoms with van der Waals surface area (Å²) in [7, 11) is 3.27.